The van der Waals surface area contributed by atoms with Crippen LogP contribution in [0.3, 0.4) is 0 Å². The molecule has 1 saturated carbocycles. The number of hydrogen-bond acceptors (Lipinski definition) is 2. The van der Waals surface area contributed by atoms with E-state index < -0.39 is 0 Å². The standard InChI is InChI=1S/C17H22N2O2/c1-2-18-14-10-6-7-11-15(14)19(17(18)21)12-16(20)13-8-4-3-5-9-13/h6-7,10-11,13H,2-5,8-9,12H2,1H3. The number of hydrogen-bond donors (Lipinski definition) is 0. The second-order valence-electron chi connectivity index (χ2n) is 5.90. The Bertz CT molecular complexity index is 705. The van der Waals surface area contributed by atoms with E-state index in [4.69, 9.17) is 0 Å². The van der Waals surface area contributed by atoms with E-state index in [0.717, 1.165) is 36.7 Å². The molecule has 0 unspecified atom stereocenters. The van der Waals surface area contributed by atoms with Crippen molar-refractivity contribution in [2.24, 2.45) is 5.92 Å². The molecule has 3 rings (SSSR count). The molecular weight excluding hydrogens is 264 g/mol. The van der Waals surface area contributed by atoms with Crippen LogP contribution in [0.25, 0.3) is 11.0 Å². The molecular formula is C17H22N2O2. The maximum atomic E-state index is 12.5. The van der Waals surface area contributed by atoms with Gasteiger partial charge in [0.25, 0.3) is 0 Å². The zero-order valence-electron chi connectivity index (χ0n) is 12.5. The number of para-hydroxylation sites is 2. The zero-order chi connectivity index (χ0) is 14.8. The molecule has 1 fully saturated rings. The summed E-state index contributed by atoms with van der Waals surface area (Å²) >= 11 is 0. The number of rotatable bonds is 4. The van der Waals surface area contributed by atoms with Crippen LogP contribution in [0.5, 0.6) is 0 Å². The lowest BCUT2D eigenvalue weighted by Gasteiger charge is -2.20. The van der Waals surface area contributed by atoms with E-state index in [1.807, 2.05) is 31.2 Å². The van der Waals surface area contributed by atoms with E-state index in [2.05, 4.69) is 0 Å². The van der Waals surface area contributed by atoms with E-state index in [-0.39, 0.29) is 23.9 Å². The zero-order valence-corrected chi connectivity index (χ0v) is 12.5. The molecule has 2 aromatic rings. The Morgan fingerprint density at radius 1 is 1.10 bits per heavy atom. The number of ketones is 1. The molecule has 4 heteroatoms. The summed E-state index contributed by atoms with van der Waals surface area (Å²) in [5.74, 6) is 0.366. The van der Waals surface area contributed by atoms with Gasteiger partial charge in [0.2, 0.25) is 0 Å². The van der Waals surface area contributed by atoms with Crippen molar-refractivity contribution >= 4 is 16.8 Å². The molecule has 0 aliphatic heterocycles. The van der Waals surface area contributed by atoms with Crippen molar-refractivity contribution < 1.29 is 4.79 Å². The van der Waals surface area contributed by atoms with E-state index in [9.17, 15) is 9.59 Å². The third-order valence-electron chi connectivity index (χ3n) is 4.62. The summed E-state index contributed by atoms with van der Waals surface area (Å²) in [7, 11) is 0. The molecule has 0 N–H and O–H groups in total. The average Bonchev–Trinajstić information content (AvgIpc) is 2.80. The number of imidazole rings is 1. The fourth-order valence-corrected chi connectivity index (χ4v) is 3.44. The molecule has 1 aromatic heterocycles. The van der Waals surface area contributed by atoms with Gasteiger partial charge in [-0.3, -0.25) is 13.9 Å². The van der Waals surface area contributed by atoms with Crippen molar-refractivity contribution in [2.75, 3.05) is 0 Å². The highest BCUT2D eigenvalue weighted by atomic mass is 16.2. The summed E-state index contributed by atoms with van der Waals surface area (Å²) in [5.41, 5.74) is 1.72. The molecule has 4 nitrogen and oxygen atoms in total. The molecule has 0 bridgehead atoms. The van der Waals surface area contributed by atoms with Crippen molar-refractivity contribution in [3.8, 4) is 0 Å². The quantitative estimate of drug-likeness (QED) is 0.867. The van der Waals surface area contributed by atoms with Gasteiger partial charge in [-0.15, -0.1) is 0 Å². The Hall–Kier alpha value is -1.84. The predicted molar refractivity (Wildman–Crippen MR) is 83.5 cm³/mol. The average molecular weight is 286 g/mol. The van der Waals surface area contributed by atoms with Crippen LogP contribution in [0, 0.1) is 5.92 Å². The second-order valence-corrected chi connectivity index (χ2v) is 5.90. The molecule has 112 valence electrons. The van der Waals surface area contributed by atoms with E-state index >= 15 is 0 Å². The van der Waals surface area contributed by atoms with Crippen molar-refractivity contribution in [1.82, 2.24) is 9.13 Å². The van der Waals surface area contributed by atoms with Gasteiger partial charge in [-0.1, -0.05) is 31.4 Å². The highest BCUT2D eigenvalue weighted by Gasteiger charge is 2.23. The number of carbonyl (C=O) groups excluding carboxylic acids is 1. The Balaban J connectivity index is 1.95. The van der Waals surface area contributed by atoms with Gasteiger partial charge >= 0.3 is 5.69 Å². The lowest BCUT2D eigenvalue weighted by Crippen LogP contribution is -2.30. The SMILES string of the molecule is CCn1c(=O)n(CC(=O)C2CCCCC2)c2ccccc21. The van der Waals surface area contributed by atoms with Crippen LogP contribution < -0.4 is 5.69 Å². The lowest BCUT2D eigenvalue weighted by molar-refractivity contribution is -0.124. The van der Waals surface area contributed by atoms with Gasteiger partial charge in [0.15, 0.2) is 5.78 Å². The topological polar surface area (TPSA) is 44.0 Å². The van der Waals surface area contributed by atoms with Crippen LogP contribution in [0.4, 0.5) is 0 Å². The highest BCUT2D eigenvalue weighted by Crippen LogP contribution is 2.25. The van der Waals surface area contributed by atoms with Gasteiger partial charge in [0, 0.05) is 12.5 Å². The first-order valence-corrected chi connectivity index (χ1v) is 7.93. The largest absolute Gasteiger partial charge is 0.329 e. The van der Waals surface area contributed by atoms with Crippen LogP contribution in [0.1, 0.15) is 39.0 Å². The molecule has 0 amide bonds. The number of aryl methyl sites for hydroxylation is 1. The van der Waals surface area contributed by atoms with Gasteiger partial charge in [0.05, 0.1) is 17.6 Å². The van der Waals surface area contributed by atoms with Crippen LogP contribution >= 0.6 is 0 Å². The smallest absolute Gasteiger partial charge is 0.297 e. The number of fused-ring (bicyclic) bond motifs is 1. The first-order chi connectivity index (χ1) is 10.2. The molecule has 1 aliphatic carbocycles. The molecule has 1 heterocycles. The number of Topliss-reactive ketones (excluding diaryl/α,β-unsaturated/α-hetero) is 1. The van der Waals surface area contributed by atoms with Gasteiger partial charge in [-0.05, 0) is 31.9 Å². The fourth-order valence-electron chi connectivity index (χ4n) is 3.44. The van der Waals surface area contributed by atoms with E-state index in [1.54, 1.807) is 9.13 Å². The summed E-state index contributed by atoms with van der Waals surface area (Å²) in [5, 5.41) is 0. The molecule has 0 radical (unpaired) electrons. The first kappa shape index (κ1) is 14.1. The maximum Gasteiger partial charge on any atom is 0.329 e. The number of carbonyl (C=O) groups is 1. The van der Waals surface area contributed by atoms with Gasteiger partial charge in [-0.25, -0.2) is 4.79 Å². The molecule has 0 atom stereocenters. The van der Waals surface area contributed by atoms with Crippen LogP contribution in [-0.2, 0) is 17.9 Å². The molecule has 1 aromatic carbocycles. The summed E-state index contributed by atoms with van der Waals surface area (Å²) in [6.45, 7) is 2.81. The Labute approximate surface area is 124 Å². The minimum absolute atomic E-state index is 0.0668. The van der Waals surface area contributed by atoms with Gasteiger partial charge in [0.1, 0.15) is 0 Å². The third-order valence-corrected chi connectivity index (χ3v) is 4.62. The predicted octanol–water partition coefficient (Wildman–Crippen LogP) is 2.97. The van der Waals surface area contributed by atoms with E-state index in [0.29, 0.717) is 6.54 Å². The van der Waals surface area contributed by atoms with Crippen LogP contribution in [0.15, 0.2) is 29.1 Å². The van der Waals surface area contributed by atoms with E-state index in [1.165, 1.54) is 6.42 Å². The highest BCUT2D eigenvalue weighted by molar-refractivity contribution is 5.83. The fraction of sp³-hybridized carbons (Fsp3) is 0.529. The maximum absolute atomic E-state index is 12.5. The molecule has 0 saturated heterocycles. The summed E-state index contributed by atoms with van der Waals surface area (Å²) < 4.78 is 3.39. The minimum atomic E-state index is -0.0668. The normalized spacial score (nSPS) is 16.4. The number of benzene rings is 1. The van der Waals surface area contributed by atoms with Crippen LogP contribution in [0.2, 0.25) is 0 Å². The Kier molecular flexibility index (Phi) is 3.95. The summed E-state index contributed by atoms with van der Waals surface area (Å²) in [4.78, 5) is 25.0. The van der Waals surface area contributed by atoms with Crippen LogP contribution in [-0.4, -0.2) is 14.9 Å². The van der Waals surface area contributed by atoms with Crippen molar-refractivity contribution in [1.29, 1.82) is 0 Å². The molecule has 21 heavy (non-hydrogen) atoms. The van der Waals surface area contributed by atoms with Crippen molar-refractivity contribution in [3.05, 3.63) is 34.7 Å². The second kappa shape index (κ2) is 5.88. The molecule has 0 spiro atoms. The third kappa shape index (κ3) is 2.55. The van der Waals surface area contributed by atoms with Crippen molar-refractivity contribution in [3.63, 3.8) is 0 Å². The Morgan fingerprint density at radius 3 is 2.33 bits per heavy atom. The Morgan fingerprint density at radius 2 is 1.71 bits per heavy atom. The first-order valence-electron chi connectivity index (χ1n) is 7.93. The minimum Gasteiger partial charge on any atom is -0.297 e. The van der Waals surface area contributed by atoms with Crippen molar-refractivity contribution in [2.45, 2.75) is 52.1 Å². The van der Waals surface area contributed by atoms with Gasteiger partial charge < -0.3 is 0 Å². The van der Waals surface area contributed by atoms with Gasteiger partial charge in [-0.2, -0.15) is 0 Å². The summed E-state index contributed by atoms with van der Waals surface area (Å²) in [6, 6.07) is 7.73. The lowest BCUT2D eigenvalue weighted by atomic mass is 9.86. The number of aromatic nitrogens is 2. The monoisotopic (exact) mass is 286 g/mol. The molecule has 1 aliphatic rings. The number of nitrogens with zero attached hydrogens (tertiary/aromatic N) is 2. The summed E-state index contributed by atoms with van der Waals surface area (Å²) in [6.07, 6.45) is 5.49.